The molecule has 0 radical (unpaired) electrons. The van der Waals surface area contributed by atoms with E-state index in [4.69, 9.17) is 5.73 Å². The Hall–Kier alpha value is -1.37. The second-order valence-corrected chi connectivity index (χ2v) is 7.65. The molecule has 0 saturated carbocycles. The van der Waals surface area contributed by atoms with Gasteiger partial charge in [-0.2, -0.15) is 0 Å². The minimum absolute atomic E-state index is 0.192. The molecule has 0 aliphatic carbocycles. The van der Waals surface area contributed by atoms with Crippen molar-refractivity contribution in [2.24, 2.45) is 0 Å². The molecule has 1 heterocycles. The Bertz CT molecular complexity index is 722. The summed E-state index contributed by atoms with van der Waals surface area (Å²) in [6.45, 7) is 5.62. The molecule has 0 amide bonds. The highest BCUT2D eigenvalue weighted by Gasteiger charge is 2.25. The minimum atomic E-state index is -3.65. The number of hydrogen-bond acceptors (Lipinski definition) is 4. The summed E-state index contributed by atoms with van der Waals surface area (Å²) in [6, 6.07) is 7.11. The maximum Gasteiger partial charge on any atom is 0.243 e. The number of thiophene rings is 1. The van der Waals surface area contributed by atoms with Crippen LogP contribution < -0.4 is 10.5 Å². The first-order chi connectivity index (χ1) is 9.86. The lowest BCUT2D eigenvalue weighted by atomic mass is 10.1. The predicted molar refractivity (Wildman–Crippen MR) is 88.0 cm³/mol. The summed E-state index contributed by atoms with van der Waals surface area (Å²) in [7, 11) is -3.65. The molecule has 2 aromatic rings. The van der Waals surface area contributed by atoms with Crippen LogP contribution in [0.3, 0.4) is 0 Å². The molecule has 0 aliphatic rings. The summed E-state index contributed by atoms with van der Waals surface area (Å²) >= 11 is 1.54. The summed E-state index contributed by atoms with van der Waals surface area (Å²) in [5.74, 6) is 0. The van der Waals surface area contributed by atoms with Gasteiger partial charge in [0.05, 0.1) is 11.7 Å². The van der Waals surface area contributed by atoms with Crippen LogP contribution in [0.1, 0.15) is 35.4 Å². The average molecular weight is 324 g/mol. The van der Waals surface area contributed by atoms with Crippen LogP contribution in [0, 0.1) is 13.8 Å². The number of nitrogen functional groups attached to an aromatic ring is 1. The highest BCUT2D eigenvalue weighted by molar-refractivity contribution is 7.89. The summed E-state index contributed by atoms with van der Waals surface area (Å²) in [6.07, 6.45) is 0.685. The van der Waals surface area contributed by atoms with E-state index in [2.05, 4.69) is 4.72 Å². The van der Waals surface area contributed by atoms with Gasteiger partial charge in [-0.15, -0.1) is 11.3 Å². The standard InChI is InChI=1S/C15H20N2O2S2/c1-4-13(14-6-5-9-20-14)17-21(18,19)15-11(3)10(2)7-8-12(15)16/h5-9,13,17H,4,16H2,1-3H3. The van der Waals surface area contributed by atoms with E-state index in [0.717, 1.165) is 10.4 Å². The van der Waals surface area contributed by atoms with Crippen molar-refractivity contribution in [2.45, 2.75) is 38.1 Å². The van der Waals surface area contributed by atoms with Crippen molar-refractivity contribution in [3.05, 3.63) is 45.6 Å². The Morgan fingerprint density at radius 1 is 1.29 bits per heavy atom. The smallest absolute Gasteiger partial charge is 0.243 e. The molecule has 0 fully saturated rings. The third kappa shape index (κ3) is 3.28. The van der Waals surface area contributed by atoms with Crippen molar-refractivity contribution in [3.8, 4) is 0 Å². The molecular weight excluding hydrogens is 304 g/mol. The number of aryl methyl sites for hydroxylation is 1. The monoisotopic (exact) mass is 324 g/mol. The van der Waals surface area contributed by atoms with Crippen LogP contribution in [0.25, 0.3) is 0 Å². The molecular formula is C15H20N2O2S2. The lowest BCUT2D eigenvalue weighted by Gasteiger charge is -2.18. The molecule has 3 N–H and O–H groups in total. The van der Waals surface area contributed by atoms with Crippen molar-refractivity contribution in [1.82, 2.24) is 4.72 Å². The van der Waals surface area contributed by atoms with Crippen LogP contribution in [-0.2, 0) is 10.0 Å². The zero-order valence-corrected chi connectivity index (χ0v) is 14.0. The summed E-state index contributed by atoms with van der Waals surface area (Å²) in [5, 5.41) is 1.94. The molecule has 0 aliphatic heterocycles. The second kappa shape index (κ2) is 6.17. The Balaban J connectivity index is 2.41. The Labute approximate surface area is 130 Å². The molecule has 1 aromatic carbocycles. The van der Waals surface area contributed by atoms with Crippen molar-refractivity contribution in [1.29, 1.82) is 0 Å². The van der Waals surface area contributed by atoms with Crippen LogP contribution in [0.4, 0.5) is 5.69 Å². The molecule has 1 atom stereocenters. The fourth-order valence-electron chi connectivity index (χ4n) is 2.25. The third-order valence-corrected chi connectivity index (χ3v) is 6.23. The highest BCUT2D eigenvalue weighted by atomic mass is 32.2. The number of hydrogen-bond donors (Lipinski definition) is 2. The molecule has 4 nitrogen and oxygen atoms in total. The quantitative estimate of drug-likeness (QED) is 0.828. The fourth-order valence-corrected chi connectivity index (χ4v) is 4.91. The van der Waals surface area contributed by atoms with Crippen molar-refractivity contribution >= 4 is 27.0 Å². The van der Waals surface area contributed by atoms with E-state index in [1.54, 1.807) is 24.3 Å². The Morgan fingerprint density at radius 3 is 2.57 bits per heavy atom. The molecule has 1 unspecified atom stereocenters. The first-order valence-electron chi connectivity index (χ1n) is 6.78. The third-order valence-electron chi connectivity index (χ3n) is 3.57. The van der Waals surface area contributed by atoms with E-state index >= 15 is 0 Å². The number of anilines is 1. The van der Waals surface area contributed by atoms with Gasteiger partial charge in [-0.05, 0) is 48.9 Å². The summed E-state index contributed by atoms with van der Waals surface area (Å²) in [4.78, 5) is 1.20. The van der Waals surface area contributed by atoms with E-state index in [9.17, 15) is 8.42 Å². The zero-order chi connectivity index (χ0) is 15.6. The summed E-state index contributed by atoms with van der Waals surface area (Å²) < 4.78 is 28.2. The average Bonchev–Trinajstić information content (AvgIpc) is 2.94. The van der Waals surface area contributed by atoms with Gasteiger partial charge in [0, 0.05) is 4.88 Å². The maximum absolute atomic E-state index is 12.7. The Kier molecular flexibility index (Phi) is 4.70. The first-order valence-corrected chi connectivity index (χ1v) is 9.14. The van der Waals surface area contributed by atoms with Gasteiger partial charge in [-0.25, -0.2) is 13.1 Å². The van der Waals surface area contributed by atoms with E-state index in [-0.39, 0.29) is 16.6 Å². The number of rotatable bonds is 5. The van der Waals surface area contributed by atoms with Crippen molar-refractivity contribution in [2.75, 3.05) is 5.73 Å². The first kappa shape index (κ1) is 16.0. The molecule has 0 bridgehead atoms. The normalized spacial score (nSPS) is 13.3. The van der Waals surface area contributed by atoms with E-state index in [1.807, 2.05) is 37.4 Å². The number of nitrogens with two attached hydrogens (primary N) is 1. The van der Waals surface area contributed by atoms with Gasteiger partial charge in [0.1, 0.15) is 4.90 Å². The minimum Gasteiger partial charge on any atom is -0.398 e. The lowest BCUT2D eigenvalue weighted by Crippen LogP contribution is -2.29. The number of nitrogens with one attached hydrogen (secondary N) is 1. The lowest BCUT2D eigenvalue weighted by molar-refractivity contribution is 0.553. The molecule has 1 aromatic heterocycles. The van der Waals surface area contributed by atoms with Crippen LogP contribution >= 0.6 is 11.3 Å². The maximum atomic E-state index is 12.7. The van der Waals surface area contributed by atoms with Crippen molar-refractivity contribution < 1.29 is 8.42 Å². The van der Waals surface area contributed by atoms with E-state index in [0.29, 0.717) is 12.0 Å². The molecule has 21 heavy (non-hydrogen) atoms. The molecule has 114 valence electrons. The number of sulfonamides is 1. The molecule has 6 heteroatoms. The number of benzene rings is 1. The van der Waals surface area contributed by atoms with Crippen LogP contribution in [0.2, 0.25) is 0 Å². The zero-order valence-electron chi connectivity index (χ0n) is 12.4. The van der Waals surface area contributed by atoms with Gasteiger partial charge in [0.2, 0.25) is 10.0 Å². The van der Waals surface area contributed by atoms with Crippen molar-refractivity contribution in [3.63, 3.8) is 0 Å². The molecule has 0 saturated heterocycles. The second-order valence-electron chi connectivity index (χ2n) is 5.02. The van der Waals surface area contributed by atoms with E-state index in [1.165, 1.54) is 0 Å². The van der Waals surface area contributed by atoms with Gasteiger partial charge >= 0.3 is 0 Å². The van der Waals surface area contributed by atoms with Gasteiger partial charge < -0.3 is 5.73 Å². The van der Waals surface area contributed by atoms with Crippen LogP contribution in [-0.4, -0.2) is 8.42 Å². The Morgan fingerprint density at radius 2 is 2.00 bits per heavy atom. The van der Waals surface area contributed by atoms with E-state index < -0.39 is 10.0 Å². The van der Waals surface area contributed by atoms with Gasteiger partial charge in [-0.3, -0.25) is 0 Å². The molecule has 0 spiro atoms. The predicted octanol–water partition coefficient (Wildman–Crippen LogP) is 3.38. The SMILES string of the molecule is CCC(NS(=O)(=O)c1c(N)ccc(C)c1C)c1cccs1. The van der Waals surface area contributed by atoms with Gasteiger partial charge in [0.15, 0.2) is 0 Å². The highest BCUT2D eigenvalue weighted by Crippen LogP contribution is 2.29. The topological polar surface area (TPSA) is 72.2 Å². The summed E-state index contributed by atoms with van der Waals surface area (Å²) in [5.41, 5.74) is 7.79. The van der Waals surface area contributed by atoms with Gasteiger partial charge in [0.25, 0.3) is 0 Å². The fraction of sp³-hybridized carbons (Fsp3) is 0.333. The van der Waals surface area contributed by atoms with Crippen LogP contribution in [0.15, 0.2) is 34.5 Å². The largest absolute Gasteiger partial charge is 0.398 e. The molecule has 2 rings (SSSR count). The van der Waals surface area contributed by atoms with Gasteiger partial charge in [-0.1, -0.05) is 19.1 Å². The van der Waals surface area contributed by atoms with Crippen LogP contribution in [0.5, 0.6) is 0 Å².